The van der Waals surface area contributed by atoms with Gasteiger partial charge in [0.2, 0.25) is 11.9 Å². The van der Waals surface area contributed by atoms with Crippen LogP contribution < -0.4 is 4.57 Å². The minimum absolute atomic E-state index is 0.172. The van der Waals surface area contributed by atoms with E-state index in [0.717, 1.165) is 25.1 Å². The molecule has 2 saturated heterocycles. The number of carbonyl (C=O) groups excluding carboxylic acids is 2. The molecule has 0 saturated carbocycles. The molecule has 25 heavy (non-hydrogen) atoms. The molecule has 3 amide bonds. The zero-order chi connectivity index (χ0) is 17.7. The molecule has 0 aliphatic carbocycles. The SMILES string of the molecule is C=CCN1C(=O)C2C(=Nc3n(CC4CCCO4)c(C)c[n+]32)N(C)C1=O. The van der Waals surface area contributed by atoms with E-state index in [1.807, 2.05) is 17.7 Å². The lowest BCUT2D eigenvalue weighted by atomic mass is 10.1. The van der Waals surface area contributed by atoms with Crippen molar-refractivity contribution in [3.05, 3.63) is 24.5 Å². The van der Waals surface area contributed by atoms with Crippen LogP contribution in [0.15, 0.2) is 23.8 Å². The topological polar surface area (TPSA) is 71.0 Å². The fourth-order valence-corrected chi connectivity index (χ4v) is 3.75. The molecule has 0 aromatic carbocycles. The van der Waals surface area contributed by atoms with Gasteiger partial charge in [0.05, 0.1) is 12.6 Å². The molecule has 3 aliphatic rings. The van der Waals surface area contributed by atoms with E-state index in [-0.39, 0.29) is 24.6 Å². The summed E-state index contributed by atoms with van der Waals surface area (Å²) >= 11 is 0. The number of aromatic nitrogens is 2. The van der Waals surface area contributed by atoms with Gasteiger partial charge in [0.25, 0.3) is 5.91 Å². The summed E-state index contributed by atoms with van der Waals surface area (Å²) in [5.74, 6) is 0.910. The first-order valence-corrected chi connectivity index (χ1v) is 8.54. The van der Waals surface area contributed by atoms with Crippen molar-refractivity contribution in [2.24, 2.45) is 4.99 Å². The number of ether oxygens (including phenoxy) is 1. The lowest BCUT2D eigenvalue weighted by Gasteiger charge is -2.32. The van der Waals surface area contributed by atoms with Crippen molar-refractivity contribution in [1.29, 1.82) is 0 Å². The third kappa shape index (κ3) is 2.31. The summed E-state index contributed by atoms with van der Waals surface area (Å²) in [6.45, 7) is 7.33. The van der Waals surface area contributed by atoms with Crippen LogP contribution in [-0.2, 0) is 16.1 Å². The predicted octanol–water partition coefficient (Wildman–Crippen LogP) is 0.928. The molecule has 8 heteroatoms. The summed E-state index contributed by atoms with van der Waals surface area (Å²) in [5.41, 5.74) is 1.02. The maximum absolute atomic E-state index is 12.9. The molecule has 0 N–H and O–H groups in total. The van der Waals surface area contributed by atoms with Gasteiger partial charge in [0, 0.05) is 20.2 Å². The number of urea groups is 1. The molecule has 0 bridgehead atoms. The van der Waals surface area contributed by atoms with Gasteiger partial charge >= 0.3 is 12.0 Å². The van der Waals surface area contributed by atoms with Crippen molar-refractivity contribution in [2.45, 2.75) is 38.5 Å². The van der Waals surface area contributed by atoms with Crippen LogP contribution in [0, 0.1) is 6.92 Å². The van der Waals surface area contributed by atoms with E-state index in [1.165, 1.54) is 9.80 Å². The van der Waals surface area contributed by atoms with E-state index >= 15 is 0 Å². The number of amides is 3. The van der Waals surface area contributed by atoms with Gasteiger partial charge in [-0.3, -0.25) is 14.6 Å². The van der Waals surface area contributed by atoms with Crippen molar-refractivity contribution >= 4 is 23.7 Å². The molecular formula is C17H22N5O3+. The van der Waals surface area contributed by atoms with Crippen LogP contribution >= 0.6 is 0 Å². The maximum atomic E-state index is 12.9. The average Bonchev–Trinajstić information content (AvgIpc) is 3.28. The highest BCUT2D eigenvalue weighted by molar-refractivity contribution is 6.19. The van der Waals surface area contributed by atoms with Crippen molar-refractivity contribution < 1.29 is 18.9 Å². The molecule has 4 heterocycles. The lowest BCUT2D eigenvalue weighted by Crippen LogP contribution is -2.62. The van der Waals surface area contributed by atoms with Crippen LogP contribution in [0.1, 0.15) is 24.6 Å². The summed E-state index contributed by atoms with van der Waals surface area (Å²) in [6, 6.07) is -0.963. The summed E-state index contributed by atoms with van der Waals surface area (Å²) in [7, 11) is 1.65. The number of aliphatic imine (C=N–C) groups is 1. The van der Waals surface area contributed by atoms with Crippen LogP contribution in [0.3, 0.4) is 0 Å². The highest BCUT2D eigenvalue weighted by Crippen LogP contribution is 2.30. The second kappa shape index (κ2) is 5.80. The maximum Gasteiger partial charge on any atom is 0.402 e. The third-order valence-electron chi connectivity index (χ3n) is 5.04. The van der Waals surface area contributed by atoms with E-state index in [1.54, 1.807) is 13.1 Å². The Morgan fingerprint density at radius 1 is 1.48 bits per heavy atom. The van der Waals surface area contributed by atoms with Crippen molar-refractivity contribution in [3.8, 4) is 0 Å². The van der Waals surface area contributed by atoms with Gasteiger partial charge in [-0.1, -0.05) is 11.1 Å². The first-order chi connectivity index (χ1) is 12.0. The Morgan fingerprint density at radius 2 is 2.28 bits per heavy atom. The summed E-state index contributed by atoms with van der Waals surface area (Å²) in [5, 5.41) is 0. The number of likely N-dealkylation sites (N-methyl/N-ethyl adjacent to an activating group) is 1. The summed E-state index contributed by atoms with van der Waals surface area (Å²) < 4.78 is 9.67. The quantitative estimate of drug-likeness (QED) is 0.603. The number of nitrogens with zero attached hydrogens (tertiary/aromatic N) is 5. The van der Waals surface area contributed by atoms with E-state index < -0.39 is 6.04 Å². The molecule has 2 atom stereocenters. The van der Waals surface area contributed by atoms with Crippen LogP contribution in [0.4, 0.5) is 10.7 Å². The molecule has 8 nitrogen and oxygen atoms in total. The normalized spacial score (nSPS) is 25.3. The summed E-state index contributed by atoms with van der Waals surface area (Å²) in [4.78, 5) is 32.6. The second-order valence-corrected chi connectivity index (χ2v) is 6.68. The zero-order valence-electron chi connectivity index (χ0n) is 14.5. The Kier molecular flexibility index (Phi) is 3.72. The standard InChI is InChI=1S/C17H22N5O3/c1-4-7-20-15(23)13-14(19(3)17(20)24)18-16-21(11(2)9-22(13)16)10-12-6-5-8-25-12/h4,9,12-13H,1,5-8,10H2,2-3H3/q+1. The first kappa shape index (κ1) is 16.0. The smallest absolute Gasteiger partial charge is 0.375 e. The number of amidine groups is 1. The average molecular weight is 344 g/mol. The monoisotopic (exact) mass is 344 g/mol. The number of imide groups is 1. The molecule has 132 valence electrons. The van der Waals surface area contributed by atoms with Gasteiger partial charge in [-0.05, 0) is 19.8 Å². The van der Waals surface area contributed by atoms with Gasteiger partial charge in [-0.25, -0.2) is 13.9 Å². The number of imidazole rings is 1. The van der Waals surface area contributed by atoms with E-state index in [2.05, 4.69) is 16.1 Å². The molecule has 2 unspecified atom stereocenters. The van der Waals surface area contributed by atoms with E-state index in [0.29, 0.717) is 18.3 Å². The van der Waals surface area contributed by atoms with E-state index in [9.17, 15) is 9.59 Å². The molecule has 0 spiro atoms. The van der Waals surface area contributed by atoms with Crippen LogP contribution in [-0.4, -0.2) is 58.4 Å². The number of aryl methyl sites for hydroxylation is 1. The molecule has 1 aromatic heterocycles. The van der Waals surface area contributed by atoms with Gasteiger partial charge in [-0.2, -0.15) is 0 Å². The predicted molar refractivity (Wildman–Crippen MR) is 89.5 cm³/mol. The Hall–Kier alpha value is -2.48. The van der Waals surface area contributed by atoms with Crippen molar-refractivity contribution in [3.63, 3.8) is 0 Å². The highest BCUT2D eigenvalue weighted by atomic mass is 16.5. The molecular weight excluding hydrogens is 322 g/mol. The fourth-order valence-electron chi connectivity index (χ4n) is 3.75. The third-order valence-corrected chi connectivity index (χ3v) is 5.04. The number of fused-ring (bicyclic) bond motifs is 3. The Morgan fingerprint density at radius 3 is 2.96 bits per heavy atom. The minimum atomic E-state index is -0.595. The Balaban J connectivity index is 1.73. The molecule has 1 aromatic rings. The van der Waals surface area contributed by atoms with Gasteiger partial charge in [0.1, 0.15) is 11.9 Å². The number of rotatable bonds is 4. The van der Waals surface area contributed by atoms with Gasteiger partial charge in [0.15, 0.2) is 0 Å². The highest BCUT2D eigenvalue weighted by Gasteiger charge is 2.52. The Bertz CT molecular complexity index is 790. The van der Waals surface area contributed by atoms with Crippen LogP contribution in [0.2, 0.25) is 0 Å². The van der Waals surface area contributed by atoms with Gasteiger partial charge in [-0.15, -0.1) is 6.58 Å². The molecule has 0 radical (unpaired) electrons. The first-order valence-electron chi connectivity index (χ1n) is 8.54. The lowest BCUT2D eigenvalue weighted by molar-refractivity contribution is -0.677. The largest absolute Gasteiger partial charge is 0.402 e. The van der Waals surface area contributed by atoms with Crippen LogP contribution in [0.25, 0.3) is 0 Å². The number of hydrogen-bond donors (Lipinski definition) is 0. The van der Waals surface area contributed by atoms with Gasteiger partial charge < -0.3 is 4.74 Å². The molecule has 2 fully saturated rings. The fraction of sp³-hybridized carbons (Fsp3) is 0.529. The van der Waals surface area contributed by atoms with E-state index in [4.69, 9.17) is 4.74 Å². The van der Waals surface area contributed by atoms with Crippen LogP contribution in [0.5, 0.6) is 0 Å². The van der Waals surface area contributed by atoms with Crippen molar-refractivity contribution in [2.75, 3.05) is 20.2 Å². The Labute approximate surface area is 146 Å². The minimum Gasteiger partial charge on any atom is -0.375 e. The molecule has 4 rings (SSSR count). The van der Waals surface area contributed by atoms with Crippen molar-refractivity contribution in [1.82, 2.24) is 14.4 Å². The number of carbonyl (C=O) groups is 2. The summed E-state index contributed by atoms with van der Waals surface area (Å²) in [6.07, 6.45) is 5.76. The second-order valence-electron chi connectivity index (χ2n) is 6.68. The zero-order valence-corrected chi connectivity index (χ0v) is 14.5. The molecule has 3 aliphatic heterocycles. The number of hydrogen-bond acceptors (Lipinski definition) is 4.